The van der Waals surface area contributed by atoms with Crippen LogP contribution in [-0.4, -0.2) is 39.2 Å². The molecule has 20 heavy (non-hydrogen) atoms. The largest absolute Gasteiger partial charge is 0.497 e. The van der Waals surface area contributed by atoms with Crippen molar-refractivity contribution in [2.24, 2.45) is 5.92 Å². The van der Waals surface area contributed by atoms with Gasteiger partial charge in [0, 0.05) is 13.1 Å². The van der Waals surface area contributed by atoms with Crippen LogP contribution in [0.5, 0.6) is 5.75 Å². The van der Waals surface area contributed by atoms with E-state index in [1.165, 1.54) is 11.8 Å². The lowest BCUT2D eigenvalue weighted by atomic mass is 9.93. The SMILES string of the molecule is COc1cccc(CCC2CCCN(S(C)(=O)=O)C2)c1. The molecule has 0 aromatic heterocycles. The van der Waals surface area contributed by atoms with Crippen LogP contribution < -0.4 is 4.74 Å². The minimum absolute atomic E-state index is 0.463. The summed E-state index contributed by atoms with van der Waals surface area (Å²) >= 11 is 0. The number of sulfonamides is 1. The first-order valence-corrected chi connectivity index (χ1v) is 8.92. The van der Waals surface area contributed by atoms with Gasteiger partial charge in [-0.1, -0.05) is 12.1 Å². The standard InChI is InChI=1S/C15H23NO3S/c1-19-15-7-3-5-13(11-15)8-9-14-6-4-10-16(12-14)20(2,17)18/h3,5,7,11,14H,4,6,8-10,12H2,1-2H3. The summed E-state index contributed by atoms with van der Waals surface area (Å²) in [5.74, 6) is 1.34. The Balaban J connectivity index is 1.90. The van der Waals surface area contributed by atoms with E-state index in [-0.39, 0.29) is 0 Å². The second-order valence-corrected chi connectivity index (χ2v) is 7.50. The molecule has 0 bridgehead atoms. The fraction of sp³-hybridized carbons (Fsp3) is 0.600. The summed E-state index contributed by atoms with van der Waals surface area (Å²) < 4.78 is 30.0. The second kappa shape index (κ2) is 6.59. The Morgan fingerprint density at radius 3 is 2.90 bits per heavy atom. The molecule has 0 amide bonds. The topological polar surface area (TPSA) is 46.6 Å². The highest BCUT2D eigenvalue weighted by Gasteiger charge is 2.25. The van der Waals surface area contributed by atoms with Gasteiger partial charge in [-0.25, -0.2) is 12.7 Å². The summed E-state index contributed by atoms with van der Waals surface area (Å²) in [4.78, 5) is 0. The van der Waals surface area contributed by atoms with Crippen LogP contribution in [0.15, 0.2) is 24.3 Å². The number of piperidine rings is 1. The van der Waals surface area contributed by atoms with E-state index in [4.69, 9.17) is 4.74 Å². The van der Waals surface area contributed by atoms with E-state index in [2.05, 4.69) is 12.1 Å². The molecule has 1 aliphatic heterocycles. The number of rotatable bonds is 5. The minimum Gasteiger partial charge on any atom is -0.497 e. The minimum atomic E-state index is -3.04. The van der Waals surface area contributed by atoms with E-state index in [9.17, 15) is 8.42 Å². The predicted octanol–water partition coefficient (Wildman–Crippen LogP) is 2.30. The van der Waals surface area contributed by atoms with E-state index >= 15 is 0 Å². The third kappa shape index (κ3) is 4.21. The van der Waals surface area contributed by atoms with Crippen molar-refractivity contribution in [1.82, 2.24) is 4.31 Å². The average molecular weight is 297 g/mol. The summed E-state index contributed by atoms with van der Waals surface area (Å²) in [7, 11) is -1.37. The molecule has 1 aromatic carbocycles. The molecule has 0 spiro atoms. The zero-order valence-electron chi connectivity index (χ0n) is 12.2. The molecule has 0 saturated carbocycles. The molecule has 2 rings (SSSR count). The number of nitrogens with zero attached hydrogens (tertiary/aromatic N) is 1. The molecule has 0 N–H and O–H groups in total. The number of hydrogen-bond donors (Lipinski definition) is 0. The summed E-state index contributed by atoms with van der Waals surface area (Å²) in [5.41, 5.74) is 1.25. The third-order valence-corrected chi connectivity index (χ3v) is 5.20. The van der Waals surface area contributed by atoms with Gasteiger partial charge in [-0.15, -0.1) is 0 Å². The van der Waals surface area contributed by atoms with Gasteiger partial charge in [-0.05, 0) is 49.3 Å². The van der Waals surface area contributed by atoms with Crippen LogP contribution in [-0.2, 0) is 16.4 Å². The first kappa shape index (κ1) is 15.3. The highest BCUT2D eigenvalue weighted by Crippen LogP contribution is 2.24. The average Bonchev–Trinajstić information content (AvgIpc) is 2.45. The third-order valence-electron chi connectivity index (χ3n) is 3.93. The van der Waals surface area contributed by atoms with Gasteiger partial charge in [0.05, 0.1) is 13.4 Å². The molecule has 1 unspecified atom stereocenters. The first-order chi connectivity index (χ1) is 9.49. The Morgan fingerprint density at radius 2 is 2.20 bits per heavy atom. The molecule has 1 fully saturated rings. The van der Waals surface area contributed by atoms with Gasteiger partial charge in [0.1, 0.15) is 5.75 Å². The Kier molecular flexibility index (Phi) is 5.05. The summed E-state index contributed by atoms with van der Waals surface area (Å²) in [5, 5.41) is 0. The fourth-order valence-corrected chi connectivity index (χ4v) is 3.70. The van der Waals surface area contributed by atoms with E-state index in [0.717, 1.165) is 31.4 Å². The molecule has 1 heterocycles. The van der Waals surface area contributed by atoms with E-state index < -0.39 is 10.0 Å². The second-order valence-electron chi connectivity index (χ2n) is 5.52. The van der Waals surface area contributed by atoms with Gasteiger partial charge in [0.2, 0.25) is 10.0 Å². The van der Waals surface area contributed by atoms with Gasteiger partial charge >= 0.3 is 0 Å². The van der Waals surface area contributed by atoms with Crippen molar-refractivity contribution in [2.45, 2.75) is 25.7 Å². The van der Waals surface area contributed by atoms with Crippen LogP contribution in [0.25, 0.3) is 0 Å². The maximum Gasteiger partial charge on any atom is 0.211 e. The van der Waals surface area contributed by atoms with E-state index in [1.54, 1.807) is 11.4 Å². The Labute approximate surface area is 121 Å². The lowest BCUT2D eigenvalue weighted by molar-refractivity contribution is 0.257. The van der Waals surface area contributed by atoms with Gasteiger partial charge in [-0.3, -0.25) is 0 Å². The maximum atomic E-state index is 11.6. The Morgan fingerprint density at radius 1 is 1.40 bits per heavy atom. The highest BCUT2D eigenvalue weighted by molar-refractivity contribution is 7.88. The van der Waals surface area contributed by atoms with Crippen molar-refractivity contribution in [3.8, 4) is 5.75 Å². The summed E-state index contributed by atoms with van der Waals surface area (Å²) in [6.07, 6.45) is 5.39. The summed E-state index contributed by atoms with van der Waals surface area (Å²) in [6, 6.07) is 8.09. The molecule has 4 nitrogen and oxygen atoms in total. The lowest BCUT2D eigenvalue weighted by Gasteiger charge is -2.31. The van der Waals surface area contributed by atoms with Gasteiger partial charge in [0.15, 0.2) is 0 Å². The molecule has 1 aromatic rings. The summed E-state index contributed by atoms with van der Waals surface area (Å²) in [6.45, 7) is 1.34. The normalized spacial score (nSPS) is 20.8. The van der Waals surface area contributed by atoms with Gasteiger partial charge in [-0.2, -0.15) is 0 Å². The molecule has 5 heteroatoms. The first-order valence-electron chi connectivity index (χ1n) is 7.07. The van der Waals surface area contributed by atoms with Crippen LogP contribution in [0.4, 0.5) is 0 Å². The maximum absolute atomic E-state index is 11.6. The predicted molar refractivity (Wildman–Crippen MR) is 80.5 cm³/mol. The number of benzene rings is 1. The number of ether oxygens (including phenoxy) is 1. The van der Waals surface area contributed by atoms with Crippen LogP contribution in [0.2, 0.25) is 0 Å². The smallest absolute Gasteiger partial charge is 0.211 e. The van der Waals surface area contributed by atoms with Crippen molar-refractivity contribution in [3.63, 3.8) is 0 Å². The van der Waals surface area contributed by atoms with Crippen molar-refractivity contribution in [1.29, 1.82) is 0 Å². The van der Waals surface area contributed by atoms with E-state index in [0.29, 0.717) is 19.0 Å². The molecular weight excluding hydrogens is 274 g/mol. The molecule has 0 radical (unpaired) electrons. The highest BCUT2D eigenvalue weighted by atomic mass is 32.2. The van der Waals surface area contributed by atoms with Crippen LogP contribution in [0, 0.1) is 5.92 Å². The van der Waals surface area contributed by atoms with Crippen LogP contribution in [0.1, 0.15) is 24.8 Å². The van der Waals surface area contributed by atoms with Crippen LogP contribution >= 0.6 is 0 Å². The lowest BCUT2D eigenvalue weighted by Crippen LogP contribution is -2.39. The van der Waals surface area contributed by atoms with Crippen molar-refractivity contribution in [2.75, 3.05) is 26.5 Å². The molecule has 1 aliphatic rings. The van der Waals surface area contributed by atoms with Crippen molar-refractivity contribution in [3.05, 3.63) is 29.8 Å². The molecule has 0 aliphatic carbocycles. The zero-order valence-corrected chi connectivity index (χ0v) is 13.0. The molecule has 112 valence electrons. The Bertz CT molecular complexity index is 542. The van der Waals surface area contributed by atoms with Gasteiger partial charge < -0.3 is 4.74 Å². The molecule has 1 saturated heterocycles. The van der Waals surface area contributed by atoms with E-state index in [1.807, 2.05) is 12.1 Å². The zero-order chi connectivity index (χ0) is 14.6. The van der Waals surface area contributed by atoms with Crippen molar-refractivity contribution < 1.29 is 13.2 Å². The van der Waals surface area contributed by atoms with Crippen molar-refractivity contribution >= 4 is 10.0 Å². The number of aryl methyl sites for hydroxylation is 1. The number of hydrogen-bond acceptors (Lipinski definition) is 3. The van der Waals surface area contributed by atoms with Crippen LogP contribution in [0.3, 0.4) is 0 Å². The quantitative estimate of drug-likeness (QED) is 0.838. The fourth-order valence-electron chi connectivity index (χ4n) is 2.76. The number of methoxy groups -OCH3 is 1. The van der Waals surface area contributed by atoms with Gasteiger partial charge in [0.25, 0.3) is 0 Å². The Hall–Kier alpha value is -1.07. The monoisotopic (exact) mass is 297 g/mol. The molecule has 1 atom stereocenters. The molecular formula is C15H23NO3S.